The molecule has 1 aromatic heterocycles. The van der Waals surface area contributed by atoms with Crippen LogP contribution in [0.15, 0.2) is 11.2 Å². The Balaban J connectivity index is 1.35. The fraction of sp³-hybridized carbons (Fsp3) is 0.619. The molecule has 0 spiro atoms. The van der Waals surface area contributed by atoms with E-state index in [9.17, 15) is 4.21 Å². The summed E-state index contributed by atoms with van der Waals surface area (Å²) in [7, 11) is 2.74. The van der Waals surface area contributed by atoms with Crippen LogP contribution in [0.4, 0.5) is 11.6 Å². The van der Waals surface area contributed by atoms with Crippen LogP contribution in [0.5, 0.6) is 0 Å². The minimum absolute atomic E-state index is 0.314. The number of aromatic amines is 1. The van der Waals surface area contributed by atoms with Crippen molar-refractivity contribution < 1.29 is 4.21 Å². The molecule has 7 nitrogen and oxygen atoms in total. The molecule has 1 unspecified atom stereocenters. The SMILES string of the molecule is CN1CCC(N(C)S(=O)c2nc(Nc3c4c(cc5c3CCC5)CCC4)n[nH]2)CC1. The number of rotatable bonds is 5. The number of piperidine rings is 1. The maximum Gasteiger partial charge on any atom is 0.247 e. The average molecular weight is 415 g/mol. The molecule has 3 aliphatic rings. The number of aromatic nitrogens is 3. The summed E-state index contributed by atoms with van der Waals surface area (Å²) in [6.07, 6.45) is 9.07. The molecular formula is C21H30N6OS. The second-order valence-corrected chi connectivity index (χ2v) is 10.1. The van der Waals surface area contributed by atoms with Gasteiger partial charge < -0.3 is 10.2 Å². The van der Waals surface area contributed by atoms with E-state index in [1.54, 1.807) is 0 Å². The van der Waals surface area contributed by atoms with Crippen molar-refractivity contribution in [2.75, 3.05) is 32.5 Å². The predicted octanol–water partition coefficient (Wildman–Crippen LogP) is 2.57. The van der Waals surface area contributed by atoms with Gasteiger partial charge in [-0.3, -0.25) is 0 Å². The smallest absolute Gasteiger partial charge is 0.247 e. The molecule has 2 aromatic rings. The summed E-state index contributed by atoms with van der Waals surface area (Å²) >= 11 is 0. The van der Waals surface area contributed by atoms with Crippen LogP contribution in [0.3, 0.4) is 0 Å². The topological polar surface area (TPSA) is 77.2 Å². The van der Waals surface area contributed by atoms with Gasteiger partial charge in [0.25, 0.3) is 0 Å². The van der Waals surface area contributed by atoms with Crippen molar-refractivity contribution in [1.29, 1.82) is 0 Å². The third kappa shape index (κ3) is 3.62. The fourth-order valence-electron chi connectivity index (χ4n) is 5.09. The molecule has 1 atom stereocenters. The Kier molecular flexibility index (Phi) is 5.17. The van der Waals surface area contributed by atoms with Gasteiger partial charge in [0.15, 0.2) is 11.0 Å². The highest BCUT2D eigenvalue weighted by molar-refractivity contribution is 7.82. The Morgan fingerprint density at radius 3 is 2.45 bits per heavy atom. The maximum absolute atomic E-state index is 13.0. The van der Waals surface area contributed by atoms with Crippen molar-refractivity contribution in [2.24, 2.45) is 0 Å². The maximum atomic E-state index is 13.0. The quantitative estimate of drug-likeness (QED) is 0.786. The van der Waals surface area contributed by atoms with E-state index in [1.165, 1.54) is 53.6 Å². The van der Waals surface area contributed by atoms with Gasteiger partial charge in [-0.05, 0) is 93.8 Å². The lowest BCUT2D eigenvalue weighted by Crippen LogP contribution is -2.42. The average Bonchev–Trinajstić information content (AvgIpc) is 3.47. The molecule has 1 fully saturated rings. The van der Waals surface area contributed by atoms with Crippen LogP contribution >= 0.6 is 0 Å². The van der Waals surface area contributed by atoms with E-state index in [0.29, 0.717) is 17.1 Å². The van der Waals surface area contributed by atoms with Gasteiger partial charge in [-0.1, -0.05) is 6.07 Å². The van der Waals surface area contributed by atoms with Gasteiger partial charge in [-0.25, -0.2) is 13.6 Å². The van der Waals surface area contributed by atoms with Crippen molar-refractivity contribution >= 4 is 22.6 Å². The van der Waals surface area contributed by atoms with Gasteiger partial charge in [0.05, 0.1) is 0 Å². The summed E-state index contributed by atoms with van der Waals surface area (Å²) in [5.41, 5.74) is 7.04. The van der Waals surface area contributed by atoms with Crippen LogP contribution in [0.1, 0.15) is 47.9 Å². The largest absolute Gasteiger partial charge is 0.322 e. The molecule has 2 heterocycles. The minimum Gasteiger partial charge on any atom is -0.322 e. The normalized spacial score (nSPS) is 20.8. The van der Waals surface area contributed by atoms with E-state index in [-0.39, 0.29) is 0 Å². The van der Waals surface area contributed by atoms with Crippen molar-refractivity contribution in [3.05, 3.63) is 28.3 Å². The number of aryl methyl sites for hydroxylation is 2. The molecule has 0 amide bonds. The van der Waals surface area contributed by atoms with E-state index in [0.717, 1.165) is 38.8 Å². The van der Waals surface area contributed by atoms with Crippen LogP contribution in [0, 0.1) is 0 Å². The lowest BCUT2D eigenvalue weighted by atomic mass is 9.99. The highest BCUT2D eigenvalue weighted by Gasteiger charge is 2.28. The minimum atomic E-state index is -1.33. The van der Waals surface area contributed by atoms with Crippen molar-refractivity contribution in [3.8, 4) is 0 Å². The Hall–Kier alpha value is -1.77. The van der Waals surface area contributed by atoms with Crippen LogP contribution < -0.4 is 5.32 Å². The number of hydrogen-bond acceptors (Lipinski definition) is 5. The second-order valence-electron chi connectivity index (χ2n) is 8.65. The molecule has 1 aromatic carbocycles. The Bertz CT molecular complexity index is 901. The highest BCUT2D eigenvalue weighted by atomic mass is 32.2. The zero-order chi connectivity index (χ0) is 20.0. The number of benzene rings is 1. The number of likely N-dealkylation sites (tertiary alicyclic amines) is 1. The molecule has 156 valence electrons. The van der Waals surface area contributed by atoms with Gasteiger partial charge >= 0.3 is 0 Å². The van der Waals surface area contributed by atoms with E-state index in [1.807, 2.05) is 11.4 Å². The van der Waals surface area contributed by atoms with Gasteiger partial charge in [0.1, 0.15) is 0 Å². The lowest BCUT2D eigenvalue weighted by Gasteiger charge is -2.33. The van der Waals surface area contributed by atoms with E-state index < -0.39 is 11.0 Å². The van der Waals surface area contributed by atoms with Crippen LogP contribution in [-0.4, -0.2) is 61.8 Å². The first-order valence-corrected chi connectivity index (χ1v) is 11.9. The first kappa shape index (κ1) is 19.2. The molecule has 2 aliphatic carbocycles. The lowest BCUT2D eigenvalue weighted by molar-refractivity contribution is 0.201. The molecular weight excluding hydrogens is 384 g/mol. The number of H-pyrrole nitrogens is 1. The number of fused-ring (bicyclic) bond motifs is 2. The number of nitrogens with zero attached hydrogens (tertiary/aromatic N) is 4. The number of nitrogens with one attached hydrogen (secondary N) is 2. The summed E-state index contributed by atoms with van der Waals surface area (Å²) in [4.78, 5) is 6.88. The second kappa shape index (κ2) is 7.81. The van der Waals surface area contributed by atoms with Crippen molar-refractivity contribution in [1.82, 2.24) is 24.4 Å². The van der Waals surface area contributed by atoms with Crippen LogP contribution in [-0.2, 0) is 36.7 Å². The van der Waals surface area contributed by atoms with E-state index >= 15 is 0 Å². The number of anilines is 2. The van der Waals surface area contributed by atoms with Crippen molar-refractivity contribution in [2.45, 2.75) is 62.6 Å². The first-order chi connectivity index (χ1) is 14.1. The molecule has 0 saturated carbocycles. The molecule has 8 heteroatoms. The molecule has 2 N–H and O–H groups in total. The predicted molar refractivity (Wildman–Crippen MR) is 115 cm³/mol. The molecule has 5 rings (SSSR count). The molecule has 1 saturated heterocycles. The van der Waals surface area contributed by atoms with Crippen LogP contribution in [0.25, 0.3) is 0 Å². The Morgan fingerprint density at radius 1 is 1.14 bits per heavy atom. The molecule has 29 heavy (non-hydrogen) atoms. The molecule has 1 aliphatic heterocycles. The third-order valence-electron chi connectivity index (χ3n) is 6.80. The molecule has 0 radical (unpaired) electrons. The summed E-state index contributed by atoms with van der Waals surface area (Å²) < 4.78 is 15.0. The standard InChI is InChI=1S/C21H30N6OS/c1-26-11-9-16(10-12-26)27(2)29(28)21-23-20(24-25-21)22-19-17-7-3-5-14(17)13-15-6-4-8-18(15)19/h13,16H,3-12H2,1-2H3,(H2,22,23,24,25). The van der Waals surface area contributed by atoms with Gasteiger partial charge in [-0.2, -0.15) is 4.98 Å². The third-order valence-corrected chi connectivity index (χ3v) is 8.14. The summed E-state index contributed by atoms with van der Waals surface area (Å²) in [5.74, 6) is 0.527. The monoisotopic (exact) mass is 414 g/mol. The van der Waals surface area contributed by atoms with Crippen molar-refractivity contribution in [3.63, 3.8) is 0 Å². The zero-order valence-corrected chi connectivity index (χ0v) is 18.1. The highest BCUT2D eigenvalue weighted by Crippen LogP contribution is 2.39. The van der Waals surface area contributed by atoms with Gasteiger partial charge in [0, 0.05) is 18.8 Å². The fourth-order valence-corrected chi connectivity index (χ4v) is 6.13. The van der Waals surface area contributed by atoms with Gasteiger partial charge in [0.2, 0.25) is 11.1 Å². The zero-order valence-electron chi connectivity index (χ0n) is 17.3. The van der Waals surface area contributed by atoms with Gasteiger partial charge in [-0.15, -0.1) is 5.10 Å². The molecule has 0 bridgehead atoms. The Morgan fingerprint density at radius 2 is 1.79 bits per heavy atom. The summed E-state index contributed by atoms with van der Waals surface area (Å²) in [5, 5.41) is 11.2. The van der Waals surface area contributed by atoms with Crippen LogP contribution in [0.2, 0.25) is 0 Å². The Labute approximate surface area is 174 Å². The number of hydrogen-bond donors (Lipinski definition) is 2. The van der Waals surface area contributed by atoms with E-state index in [2.05, 4.69) is 38.5 Å². The first-order valence-electron chi connectivity index (χ1n) is 10.8. The summed E-state index contributed by atoms with van der Waals surface area (Å²) in [6, 6.07) is 2.74. The summed E-state index contributed by atoms with van der Waals surface area (Å²) in [6.45, 7) is 2.08. The van der Waals surface area contributed by atoms with E-state index in [4.69, 9.17) is 0 Å².